The molecule has 0 radical (unpaired) electrons. The number of alkyl halides is 3. The average molecular weight is 448 g/mol. The van der Waals surface area contributed by atoms with Gasteiger partial charge in [0, 0.05) is 11.7 Å². The zero-order valence-electron chi connectivity index (χ0n) is 15.9. The molecule has 6 nitrogen and oxygen atoms in total. The Morgan fingerprint density at radius 1 is 1.07 bits per heavy atom. The molecule has 1 amide bonds. The summed E-state index contributed by atoms with van der Waals surface area (Å²) in [5.41, 5.74) is 0.818. The van der Waals surface area contributed by atoms with Crippen molar-refractivity contribution in [1.82, 2.24) is 5.32 Å². The van der Waals surface area contributed by atoms with Crippen LogP contribution in [0.1, 0.15) is 12.5 Å². The molecule has 0 saturated heterocycles. The van der Waals surface area contributed by atoms with Gasteiger partial charge in [-0.3, -0.25) is 9.52 Å². The molecular weight excluding hydrogens is 428 g/mol. The van der Waals surface area contributed by atoms with Crippen molar-refractivity contribution >= 4 is 21.6 Å². The number of sulfonamides is 1. The normalized spacial score (nSPS) is 13.0. The quantitative estimate of drug-likeness (QED) is 0.577. The molecule has 0 fully saturated rings. The van der Waals surface area contributed by atoms with E-state index in [1.807, 2.05) is 0 Å². The highest BCUT2D eigenvalue weighted by atomic mass is 32.2. The monoisotopic (exact) mass is 448 g/mol. The number of nitrogens with one attached hydrogen (secondary N) is 2. The number of benzene rings is 2. The molecule has 11 heteroatoms. The second-order valence-corrected chi connectivity index (χ2v) is 8.21. The maximum atomic E-state index is 12.9. The van der Waals surface area contributed by atoms with Crippen LogP contribution in [0.4, 0.5) is 23.2 Å². The molecular formula is C19H20F4N2O4S. The third-order valence-electron chi connectivity index (χ3n) is 3.74. The summed E-state index contributed by atoms with van der Waals surface area (Å²) >= 11 is 0. The second kappa shape index (κ2) is 9.90. The minimum absolute atomic E-state index is 0.0470. The van der Waals surface area contributed by atoms with Crippen LogP contribution < -0.4 is 10.0 Å². The number of halogens is 4. The van der Waals surface area contributed by atoms with Crippen molar-refractivity contribution < 1.29 is 35.5 Å². The molecule has 30 heavy (non-hydrogen) atoms. The summed E-state index contributed by atoms with van der Waals surface area (Å²) in [5.74, 6) is -0.976. The van der Waals surface area contributed by atoms with E-state index in [4.69, 9.17) is 0 Å². The van der Waals surface area contributed by atoms with Crippen molar-refractivity contribution in [2.24, 2.45) is 0 Å². The predicted molar refractivity (Wildman–Crippen MR) is 102 cm³/mol. The molecule has 1 atom stereocenters. The Morgan fingerprint density at radius 3 is 2.23 bits per heavy atom. The van der Waals surface area contributed by atoms with Crippen molar-refractivity contribution in [2.75, 3.05) is 17.9 Å². The van der Waals surface area contributed by atoms with Crippen molar-refractivity contribution in [3.63, 3.8) is 0 Å². The Labute approximate surface area is 171 Å². The molecule has 0 spiro atoms. The Kier molecular flexibility index (Phi) is 7.79. The minimum atomic E-state index is -4.43. The lowest BCUT2D eigenvalue weighted by atomic mass is 10.1. The minimum Gasteiger partial charge on any atom is -0.370 e. The van der Waals surface area contributed by atoms with Crippen LogP contribution in [0.3, 0.4) is 0 Å². The number of carbonyl (C=O) groups excluding carboxylic acids is 1. The maximum Gasteiger partial charge on any atom is 0.411 e. The first kappa shape index (κ1) is 23.6. The van der Waals surface area contributed by atoms with E-state index in [-0.39, 0.29) is 23.6 Å². The molecule has 0 aliphatic carbocycles. The van der Waals surface area contributed by atoms with Gasteiger partial charge in [-0.05, 0) is 48.9 Å². The molecule has 0 bridgehead atoms. The average Bonchev–Trinajstić information content (AvgIpc) is 2.62. The van der Waals surface area contributed by atoms with E-state index in [1.165, 1.54) is 31.2 Å². The number of amides is 1. The molecule has 0 heterocycles. The fourth-order valence-electron chi connectivity index (χ4n) is 2.42. The summed E-state index contributed by atoms with van der Waals surface area (Å²) in [6.07, 6.45) is -4.47. The maximum absolute atomic E-state index is 12.9. The third kappa shape index (κ3) is 7.99. The highest BCUT2D eigenvalue weighted by Gasteiger charge is 2.27. The van der Waals surface area contributed by atoms with Gasteiger partial charge < -0.3 is 10.1 Å². The number of hydrogen-bond donors (Lipinski definition) is 2. The van der Waals surface area contributed by atoms with Crippen LogP contribution in [0.2, 0.25) is 0 Å². The Morgan fingerprint density at radius 2 is 1.67 bits per heavy atom. The summed E-state index contributed by atoms with van der Waals surface area (Å²) in [6, 6.07) is 9.71. The smallest absolute Gasteiger partial charge is 0.370 e. The largest absolute Gasteiger partial charge is 0.411 e. The molecule has 0 aliphatic rings. The van der Waals surface area contributed by atoms with E-state index in [9.17, 15) is 30.8 Å². The van der Waals surface area contributed by atoms with E-state index in [0.29, 0.717) is 5.56 Å². The first-order valence-corrected chi connectivity index (χ1v) is 10.2. The number of hydrogen-bond acceptors (Lipinski definition) is 4. The highest BCUT2D eigenvalue weighted by Crippen LogP contribution is 2.17. The van der Waals surface area contributed by atoms with Crippen LogP contribution in [0, 0.1) is 5.82 Å². The van der Waals surface area contributed by atoms with Crippen molar-refractivity contribution in [3.05, 3.63) is 59.9 Å². The molecule has 0 saturated carbocycles. The lowest BCUT2D eigenvalue weighted by Gasteiger charge is -2.15. The first-order chi connectivity index (χ1) is 13.9. The second-order valence-electron chi connectivity index (χ2n) is 6.53. The van der Waals surface area contributed by atoms with Crippen LogP contribution in [-0.4, -0.2) is 39.8 Å². The molecule has 2 rings (SSSR count). The van der Waals surface area contributed by atoms with Crippen molar-refractivity contribution in [3.8, 4) is 0 Å². The molecule has 2 aromatic carbocycles. The summed E-state index contributed by atoms with van der Waals surface area (Å²) < 4.78 is 80.4. The fourth-order valence-corrected chi connectivity index (χ4v) is 3.48. The van der Waals surface area contributed by atoms with E-state index in [1.54, 1.807) is 0 Å². The van der Waals surface area contributed by atoms with Crippen LogP contribution in [0.25, 0.3) is 0 Å². The van der Waals surface area contributed by atoms with Gasteiger partial charge in [0.05, 0.1) is 17.9 Å². The van der Waals surface area contributed by atoms with Gasteiger partial charge in [-0.2, -0.15) is 13.2 Å². The van der Waals surface area contributed by atoms with Crippen molar-refractivity contribution in [1.29, 1.82) is 0 Å². The van der Waals surface area contributed by atoms with Crippen LogP contribution in [-0.2, 0) is 26.0 Å². The summed E-state index contributed by atoms with van der Waals surface area (Å²) in [5, 5.41) is 2.52. The van der Waals surface area contributed by atoms with Crippen molar-refractivity contribution in [2.45, 2.75) is 30.5 Å². The topological polar surface area (TPSA) is 84.5 Å². The number of rotatable bonds is 9. The van der Waals surface area contributed by atoms with Crippen LogP contribution in [0.5, 0.6) is 0 Å². The Balaban J connectivity index is 1.86. The zero-order chi connectivity index (χ0) is 22.4. The predicted octanol–water partition coefficient (Wildman–Crippen LogP) is 3.25. The number of ether oxygens (including phenoxy) is 1. The van der Waals surface area contributed by atoms with E-state index < -0.39 is 40.6 Å². The highest BCUT2D eigenvalue weighted by molar-refractivity contribution is 7.92. The van der Waals surface area contributed by atoms with Crippen LogP contribution in [0.15, 0.2) is 53.4 Å². The molecule has 1 unspecified atom stereocenters. The van der Waals surface area contributed by atoms with Gasteiger partial charge in [0.25, 0.3) is 10.0 Å². The number of anilines is 1. The molecule has 0 aliphatic heterocycles. The van der Waals surface area contributed by atoms with Gasteiger partial charge in [-0.15, -0.1) is 0 Å². The van der Waals surface area contributed by atoms with E-state index in [2.05, 4.69) is 14.8 Å². The third-order valence-corrected chi connectivity index (χ3v) is 5.13. The Hall–Kier alpha value is -2.66. The van der Waals surface area contributed by atoms with Gasteiger partial charge in [0.2, 0.25) is 5.91 Å². The van der Waals surface area contributed by atoms with Gasteiger partial charge >= 0.3 is 6.18 Å². The van der Waals surface area contributed by atoms with E-state index >= 15 is 0 Å². The summed E-state index contributed by atoms with van der Waals surface area (Å²) in [7, 11) is -3.89. The molecule has 164 valence electrons. The lowest BCUT2D eigenvalue weighted by Crippen LogP contribution is -2.37. The standard InChI is InChI=1S/C19H20F4N2O4S/c1-13(11-29-12-19(21,22)23)24-18(26)10-14-2-6-16(7-3-14)25-30(27,28)17-8-4-15(20)5-9-17/h2-9,13,25H,10-12H2,1H3,(H,24,26). The number of carbonyl (C=O) groups is 1. The van der Waals surface area contributed by atoms with Gasteiger partial charge in [0.15, 0.2) is 0 Å². The SMILES string of the molecule is CC(COCC(F)(F)F)NC(=O)Cc1ccc(NS(=O)(=O)c2ccc(F)cc2)cc1. The summed E-state index contributed by atoms with van der Waals surface area (Å²) in [6.45, 7) is -0.153. The fraction of sp³-hybridized carbons (Fsp3) is 0.316. The van der Waals surface area contributed by atoms with E-state index in [0.717, 1.165) is 24.3 Å². The van der Waals surface area contributed by atoms with Gasteiger partial charge in [-0.25, -0.2) is 12.8 Å². The Bertz CT molecular complexity index is 946. The lowest BCUT2D eigenvalue weighted by molar-refractivity contribution is -0.175. The summed E-state index contributed by atoms with van der Waals surface area (Å²) in [4.78, 5) is 11.9. The molecule has 0 aromatic heterocycles. The molecule has 2 aromatic rings. The zero-order valence-corrected chi connectivity index (χ0v) is 16.7. The first-order valence-electron chi connectivity index (χ1n) is 8.76. The van der Waals surface area contributed by atoms with Crippen LogP contribution >= 0.6 is 0 Å². The molecule has 2 N–H and O–H groups in total. The van der Waals surface area contributed by atoms with Gasteiger partial charge in [0.1, 0.15) is 12.4 Å². The van der Waals surface area contributed by atoms with Gasteiger partial charge in [-0.1, -0.05) is 12.1 Å².